The average Bonchev–Trinajstić information content (AvgIpc) is 1.95. The Morgan fingerprint density at radius 3 is 0.900 bits per heavy atom. The molecular formula is C4H12BNaO4. The summed E-state index contributed by atoms with van der Waals surface area (Å²) in [7, 11) is 5.82. The molecule has 0 aliphatic heterocycles. The molecule has 0 aliphatic rings. The number of hydrogen-bond donors (Lipinski definition) is 0. The van der Waals surface area contributed by atoms with Crippen LogP contribution >= 0.6 is 0 Å². The van der Waals surface area contributed by atoms with Crippen LogP contribution in [-0.2, 0) is 18.6 Å². The van der Waals surface area contributed by atoms with Gasteiger partial charge in [0.25, 0.3) is 0 Å². The first-order chi connectivity index (χ1) is 4.24. The van der Waals surface area contributed by atoms with Gasteiger partial charge in [0.15, 0.2) is 0 Å². The van der Waals surface area contributed by atoms with Crippen molar-refractivity contribution in [2.45, 2.75) is 0 Å². The molecule has 0 saturated carbocycles. The largest absolute Gasteiger partial charge is 1.00 e. The molecule has 0 N–H and O–H groups in total. The average molecular weight is 158 g/mol. The van der Waals surface area contributed by atoms with Gasteiger partial charge >= 0.3 is 36.5 Å². The van der Waals surface area contributed by atoms with Crippen molar-refractivity contribution in [1.82, 2.24) is 0 Å². The summed E-state index contributed by atoms with van der Waals surface area (Å²) in [5.74, 6) is 0. The molecule has 0 bridgehead atoms. The van der Waals surface area contributed by atoms with Crippen molar-refractivity contribution in [2.24, 2.45) is 0 Å². The van der Waals surface area contributed by atoms with Crippen LogP contribution in [0.5, 0.6) is 0 Å². The van der Waals surface area contributed by atoms with Crippen LogP contribution in [0.1, 0.15) is 0 Å². The molecule has 0 heterocycles. The maximum atomic E-state index is 4.78. The van der Waals surface area contributed by atoms with Gasteiger partial charge in [0.2, 0.25) is 0 Å². The van der Waals surface area contributed by atoms with Gasteiger partial charge in [0.1, 0.15) is 0 Å². The second-order valence-corrected chi connectivity index (χ2v) is 1.52. The molecule has 0 fully saturated rings. The van der Waals surface area contributed by atoms with Crippen LogP contribution < -0.4 is 29.6 Å². The molecule has 0 spiro atoms. The van der Waals surface area contributed by atoms with Crippen LogP contribution in [0.3, 0.4) is 0 Å². The van der Waals surface area contributed by atoms with Crippen LogP contribution in [-0.4, -0.2) is 35.4 Å². The van der Waals surface area contributed by atoms with Gasteiger partial charge in [-0.2, -0.15) is 0 Å². The summed E-state index contributed by atoms with van der Waals surface area (Å²) in [6.07, 6.45) is 0. The maximum Gasteiger partial charge on any atom is 1.00 e. The van der Waals surface area contributed by atoms with Gasteiger partial charge in [-0.3, -0.25) is 0 Å². The monoisotopic (exact) mass is 158 g/mol. The van der Waals surface area contributed by atoms with E-state index in [2.05, 4.69) is 0 Å². The smallest absolute Gasteiger partial charge is 0.521 e. The Morgan fingerprint density at radius 2 is 0.900 bits per heavy atom. The topological polar surface area (TPSA) is 36.9 Å². The summed E-state index contributed by atoms with van der Waals surface area (Å²) in [6, 6.07) is 0. The third kappa shape index (κ3) is 3.34. The molecule has 0 aromatic carbocycles. The molecule has 0 unspecified atom stereocenters. The van der Waals surface area contributed by atoms with E-state index in [9.17, 15) is 0 Å². The van der Waals surface area contributed by atoms with E-state index in [1.165, 1.54) is 28.4 Å². The minimum absolute atomic E-state index is 0. The van der Waals surface area contributed by atoms with Crippen LogP contribution in [0.15, 0.2) is 0 Å². The quantitative estimate of drug-likeness (QED) is 0.409. The Balaban J connectivity index is 0. The summed E-state index contributed by atoms with van der Waals surface area (Å²) >= 11 is 0. The Kier molecular flexibility index (Phi) is 8.91. The molecule has 0 aromatic rings. The molecule has 0 saturated heterocycles. The zero-order chi connectivity index (χ0) is 7.33. The maximum absolute atomic E-state index is 4.78. The van der Waals surface area contributed by atoms with E-state index in [-0.39, 0.29) is 29.6 Å². The van der Waals surface area contributed by atoms with Crippen molar-refractivity contribution in [3.8, 4) is 0 Å². The van der Waals surface area contributed by atoms with Crippen LogP contribution in [0.4, 0.5) is 0 Å². The van der Waals surface area contributed by atoms with E-state index in [0.29, 0.717) is 0 Å². The molecule has 56 valence electrons. The van der Waals surface area contributed by atoms with Crippen molar-refractivity contribution in [1.29, 1.82) is 0 Å². The Bertz CT molecular complexity index is 60.1. The first-order valence-corrected chi connectivity index (χ1v) is 2.58. The second-order valence-electron chi connectivity index (χ2n) is 1.52. The van der Waals surface area contributed by atoms with Gasteiger partial charge in [-0.1, -0.05) is 0 Å². The third-order valence-electron chi connectivity index (χ3n) is 1.15. The minimum atomic E-state index is -1.94. The van der Waals surface area contributed by atoms with Gasteiger partial charge < -0.3 is 18.6 Å². The normalized spacial score (nSPS) is 10.8. The molecule has 4 nitrogen and oxygen atoms in total. The Labute approximate surface area is 83.5 Å². The summed E-state index contributed by atoms with van der Waals surface area (Å²) in [5.41, 5.74) is 0. The fourth-order valence-corrected chi connectivity index (χ4v) is 0.577. The van der Waals surface area contributed by atoms with E-state index >= 15 is 0 Å². The zero-order valence-corrected chi connectivity index (χ0v) is 9.21. The summed E-state index contributed by atoms with van der Waals surface area (Å²) < 4.78 is 19.1. The van der Waals surface area contributed by atoms with Gasteiger partial charge in [-0.05, 0) is 28.4 Å². The fraction of sp³-hybridized carbons (Fsp3) is 1.00. The Morgan fingerprint density at radius 1 is 0.700 bits per heavy atom. The van der Waals surface area contributed by atoms with Gasteiger partial charge in [-0.25, -0.2) is 0 Å². The zero-order valence-electron chi connectivity index (χ0n) is 7.21. The SMILES string of the molecule is CO[B-](OC)(OC)OC.[Na+]. The molecule has 0 aromatic heterocycles. The summed E-state index contributed by atoms with van der Waals surface area (Å²) in [4.78, 5) is 0. The molecule has 0 radical (unpaired) electrons. The van der Waals surface area contributed by atoms with Crippen LogP contribution in [0, 0.1) is 0 Å². The Hall–Kier alpha value is 0.905. The second kappa shape index (κ2) is 6.60. The van der Waals surface area contributed by atoms with Crippen molar-refractivity contribution < 1.29 is 48.2 Å². The first kappa shape index (κ1) is 13.5. The number of rotatable bonds is 4. The molecule has 0 aliphatic carbocycles. The van der Waals surface area contributed by atoms with Crippen molar-refractivity contribution in [3.63, 3.8) is 0 Å². The molecule has 0 rings (SSSR count). The molecular weight excluding hydrogens is 146 g/mol. The van der Waals surface area contributed by atoms with E-state index in [1.807, 2.05) is 0 Å². The van der Waals surface area contributed by atoms with Gasteiger partial charge in [0, 0.05) is 0 Å². The van der Waals surface area contributed by atoms with Crippen LogP contribution in [0.2, 0.25) is 0 Å². The van der Waals surface area contributed by atoms with Gasteiger partial charge in [0.05, 0.1) is 0 Å². The molecule has 6 heteroatoms. The first-order valence-electron chi connectivity index (χ1n) is 2.58. The summed E-state index contributed by atoms with van der Waals surface area (Å²) in [5, 5.41) is 0. The fourth-order valence-electron chi connectivity index (χ4n) is 0.577. The third-order valence-corrected chi connectivity index (χ3v) is 1.15. The summed E-state index contributed by atoms with van der Waals surface area (Å²) in [6.45, 7) is -1.94. The van der Waals surface area contributed by atoms with E-state index in [1.54, 1.807) is 0 Å². The van der Waals surface area contributed by atoms with E-state index in [4.69, 9.17) is 18.6 Å². The van der Waals surface area contributed by atoms with Crippen molar-refractivity contribution in [3.05, 3.63) is 0 Å². The predicted molar refractivity (Wildman–Crippen MR) is 33.8 cm³/mol. The predicted octanol–water partition coefficient (Wildman–Crippen LogP) is -2.99. The van der Waals surface area contributed by atoms with E-state index < -0.39 is 6.96 Å². The molecule has 10 heavy (non-hydrogen) atoms. The van der Waals surface area contributed by atoms with Crippen molar-refractivity contribution in [2.75, 3.05) is 28.4 Å². The van der Waals surface area contributed by atoms with Gasteiger partial charge in [-0.15, -0.1) is 0 Å². The molecule has 0 amide bonds. The minimum Gasteiger partial charge on any atom is -0.521 e. The van der Waals surface area contributed by atoms with Crippen LogP contribution in [0.25, 0.3) is 0 Å². The standard InChI is InChI=1S/C4H12BO4.Na/c1-6-5(7-2,8-3)9-4;/h1-4H3;/q-1;+1. The van der Waals surface area contributed by atoms with Crippen molar-refractivity contribution >= 4 is 6.96 Å². The number of hydrogen-bond acceptors (Lipinski definition) is 4. The molecule has 0 atom stereocenters. The van der Waals surface area contributed by atoms with E-state index in [0.717, 1.165) is 0 Å².